The van der Waals surface area contributed by atoms with Crippen molar-refractivity contribution in [3.8, 4) is 10.6 Å². The molecule has 5 nitrogen and oxygen atoms in total. The van der Waals surface area contributed by atoms with Crippen LogP contribution in [0.2, 0.25) is 0 Å². The van der Waals surface area contributed by atoms with Gasteiger partial charge in [0.2, 0.25) is 0 Å². The molecule has 0 spiro atoms. The Bertz CT molecular complexity index is 564. The molecule has 6 heteroatoms. The second kappa shape index (κ2) is 5.10. The minimum atomic E-state index is 0.608. The average Bonchev–Trinajstić information content (AvgIpc) is 2.85. The van der Waals surface area contributed by atoms with Crippen LogP contribution in [0.3, 0.4) is 0 Å². The Hall–Kier alpha value is -1.53. The molecule has 20 heavy (non-hydrogen) atoms. The van der Waals surface area contributed by atoms with E-state index in [1.807, 2.05) is 11.7 Å². The number of nitrogens with zero attached hydrogens (tertiary/aromatic N) is 4. The highest BCUT2D eigenvalue weighted by atomic mass is 32.1. The van der Waals surface area contributed by atoms with Gasteiger partial charge < -0.3 is 10.2 Å². The van der Waals surface area contributed by atoms with Gasteiger partial charge in [0.1, 0.15) is 5.69 Å². The van der Waals surface area contributed by atoms with Gasteiger partial charge in [-0.2, -0.15) is 0 Å². The van der Waals surface area contributed by atoms with E-state index in [-0.39, 0.29) is 0 Å². The third-order valence-electron chi connectivity index (χ3n) is 4.25. The number of fused-ring (bicyclic) bond motifs is 4. The summed E-state index contributed by atoms with van der Waals surface area (Å²) < 4.78 is 0. The molecule has 0 saturated carbocycles. The molecule has 3 aliphatic heterocycles. The number of aromatic nitrogens is 3. The number of piperidine rings is 1. The third-order valence-corrected chi connectivity index (χ3v) is 5.04. The van der Waals surface area contributed by atoms with Crippen LogP contribution in [0.25, 0.3) is 10.6 Å². The Morgan fingerprint density at radius 2 is 2.20 bits per heavy atom. The standard InChI is InChI=1S/C14H17N5S/c1-2-11-5-6-16-10(1)8-19(11)14-4-3-12(17-18-14)13-7-15-9-20-13/h3-4,7,9-11,16H,1-2,5-6,8H2. The lowest BCUT2D eigenvalue weighted by Gasteiger charge is -2.36. The van der Waals surface area contributed by atoms with Crippen LogP contribution >= 0.6 is 11.3 Å². The largest absolute Gasteiger partial charge is 0.351 e. The van der Waals surface area contributed by atoms with Crippen LogP contribution in [0.15, 0.2) is 23.8 Å². The van der Waals surface area contributed by atoms with Crippen LogP contribution in [0.1, 0.15) is 19.3 Å². The van der Waals surface area contributed by atoms with Crippen molar-refractivity contribution in [3.63, 3.8) is 0 Å². The SMILES string of the molecule is c1ncc(-c2ccc(N3CC4CCC3CCN4)nn2)s1. The minimum Gasteiger partial charge on any atom is -0.351 e. The number of nitrogens with one attached hydrogen (secondary N) is 1. The van der Waals surface area contributed by atoms with E-state index in [9.17, 15) is 0 Å². The normalized spacial score (nSPS) is 25.7. The predicted molar refractivity (Wildman–Crippen MR) is 79.9 cm³/mol. The number of thiazole rings is 1. The lowest BCUT2D eigenvalue weighted by atomic mass is 9.99. The topological polar surface area (TPSA) is 53.9 Å². The summed E-state index contributed by atoms with van der Waals surface area (Å²) in [6, 6.07) is 5.38. The lowest BCUT2D eigenvalue weighted by molar-refractivity contribution is 0.426. The second-order valence-corrected chi connectivity index (χ2v) is 6.35. The molecule has 5 rings (SSSR count). The fourth-order valence-electron chi connectivity index (χ4n) is 3.18. The van der Waals surface area contributed by atoms with Gasteiger partial charge in [-0.25, -0.2) is 0 Å². The first-order valence-corrected chi connectivity index (χ1v) is 8.01. The average molecular weight is 287 g/mol. The van der Waals surface area contributed by atoms with Gasteiger partial charge in [0.05, 0.1) is 10.4 Å². The number of hydrogen-bond acceptors (Lipinski definition) is 6. The molecule has 0 aliphatic carbocycles. The number of anilines is 1. The highest BCUT2D eigenvalue weighted by molar-refractivity contribution is 7.13. The van der Waals surface area contributed by atoms with E-state index in [4.69, 9.17) is 0 Å². The fraction of sp³-hybridized carbons (Fsp3) is 0.500. The highest BCUT2D eigenvalue weighted by Crippen LogP contribution is 2.28. The molecule has 0 radical (unpaired) electrons. The summed E-state index contributed by atoms with van der Waals surface area (Å²) in [5.74, 6) is 1.01. The first-order valence-electron chi connectivity index (χ1n) is 7.13. The maximum absolute atomic E-state index is 4.45. The second-order valence-electron chi connectivity index (χ2n) is 5.47. The fourth-order valence-corrected chi connectivity index (χ4v) is 3.77. The van der Waals surface area contributed by atoms with Gasteiger partial charge in [0, 0.05) is 24.8 Å². The van der Waals surface area contributed by atoms with Gasteiger partial charge in [-0.3, -0.25) is 4.98 Å². The maximum atomic E-state index is 4.45. The van der Waals surface area contributed by atoms with Crippen LogP contribution < -0.4 is 10.2 Å². The molecule has 2 aromatic rings. The van der Waals surface area contributed by atoms with Crippen LogP contribution in [0.5, 0.6) is 0 Å². The van der Waals surface area contributed by atoms with Crippen molar-refractivity contribution in [2.75, 3.05) is 18.0 Å². The zero-order valence-electron chi connectivity index (χ0n) is 11.2. The van der Waals surface area contributed by atoms with E-state index in [2.05, 4.69) is 37.5 Å². The van der Waals surface area contributed by atoms with Gasteiger partial charge in [-0.05, 0) is 37.9 Å². The van der Waals surface area contributed by atoms with Crippen LogP contribution in [-0.2, 0) is 0 Å². The van der Waals surface area contributed by atoms with Crippen molar-refractivity contribution in [3.05, 3.63) is 23.8 Å². The van der Waals surface area contributed by atoms with Crippen molar-refractivity contribution < 1.29 is 0 Å². The molecule has 5 heterocycles. The summed E-state index contributed by atoms with van der Waals surface area (Å²) in [4.78, 5) is 7.59. The van der Waals surface area contributed by atoms with Crippen LogP contribution in [0.4, 0.5) is 5.82 Å². The maximum Gasteiger partial charge on any atom is 0.151 e. The molecule has 3 fully saturated rings. The van der Waals surface area contributed by atoms with Gasteiger partial charge in [0.15, 0.2) is 5.82 Å². The molecule has 0 aromatic carbocycles. The quantitative estimate of drug-likeness (QED) is 0.914. The summed E-state index contributed by atoms with van der Waals surface area (Å²) >= 11 is 1.60. The number of rotatable bonds is 2. The van der Waals surface area contributed by atoms with Crippen molar-refractivity contribution in [1.82, 2.24) is 20.5 Å². The van der Waals surface area contributed by atoms with Gasteiger partial charge in [-0.15, -0.1) is 21.5 Å². The zero-order chi connectivity index (χ0) is 13.4. The molecule has 2 bridgehead atoms. The van der Waals surface area contributed by atoms with Crippen LogP contribution in [0, 0.1) is 0 Å². The summed E-state index contributed by atoms with van der Waals surface area (Å²) in [5.41, 5.74) is 2.74. The Morgan fingerprint density at radius 3 is 3.00 bits per heavy atom. The molecular weight excluding hydrogens is 270 g/mol. The van der Waals surface area contributed by atoms with Gasteiger partial charge in [0.25, 0.3) is 0 Å². The van der Waals surface area contributed by atoms with E-state index >= 15 is 0 Å². The minimum absolute atomic E-state index is 0.608. The smallest absolute Gasteiger partial charge is 0.151 e. The van der Waals surface area contributed by atoms with Crippen molar-refractivity contribution in [2.24, 2.45) is 0 Å². The van der Waals surface area contributed by atoms with Gasteiger partial charge >= 0.3 is 0 Å². The summed E-state index contributed by atoms with van der Waals surface area (Å²) in [6.45, 7) is 2.18. The van der Waals surface area contributed by atoms with Crippen LogP contribution in [-0.4, -0.2) is 40.4 Å². The molecule has 0 amide bonds. The Morgan fingerprint density at radius 1 is 1.20 bits per heavy atom. The van der Waals surface area contributed by atoms with Crippen molar-refractivity contribution in [1.29, 1.82) is 0 Å². The van der Waals surface area contributed by atoms with Crippen molar-refractivity contribution in [2.45, 2.75) is 31.3 Å². The van der Waals surface area contributed by atoms with E-state index in [1.165, 1.54) is 19.3 Å². The first kappa shape index (κ1) is 12.2. The highest BCUT2D eigenvalue weighted by Gasteiger charge is 2.31. The Kier molecular flexibility index (Phi) is 3.12. The first-order chi connectivity index (χ1) is 9.90. The van der Waals surface area contributed by atoms with Crippen molar-refractivity contribution >= 4 is 17.2 Å². The predicted octanol–water partition coefficient (Wildman–Crippen LogP) is 1.93. The molecule has 2 unspecified atom stereocenters. The molecule has 2 aromatic heterocycles. The zero-order valence-corrected chi connectivity index (χ0v) is 12.0. The summed E-state index contributed by atoms with van der Waals surface area (Å²) in [5, 5.41) is 12.4. The molecule has 3 saturated heterocycles. The third kappa shape index (κ3) is 2.19. The van der Waals surface area contributed by atoms with Gasteiger partial charge in [-0.1, -0.05) is 0 Å². The Balaban J connectivity index is 1.59. The molecule has 1 N–H and O–H groups in total. The lowest BCUT2D eigenvalue weighted by Crippen LogP contribution is -2.46. The molecule has 2 atom stereocenters. The van der Waals surface area contributed by atoms with E-state index in [1.54, 1.807) is 11.3 Å². The van der Waals surface area contributed by atoms with E-state index in [0.717, 1.165) is 29.5 Å². The monoisotopic (exact) mass is 287 g/mol. The summed E-state index contributed by atoms with van der Waals surface area (Å²) in [6.07, 6.45) is 5.59. The molecule has 3 aliphatic rings. The summed E-state index contributed by atoms with van der Waals surface area (Å²) in [7, 11) is 0. The number of hydrogen-bond donors (Lipinski definition) is 1. The Labute approximate surface area is 122 Å². The molecule has 104 valence electrons. The van der Waals surface area contributed by atoms with E-state index < -0.39 is 0 Å². The van der Waals surface area contributed by atoms with E-state index in [0.29, 0.717) is 12.1 Å². The molecular formula is C14H17N5S.